The zero-order chi connectivity index (χ0) is 10.6. The number of hydrogen-bond donors (Lipinski definition) is 1. The normalized spacial score (nSPS) is 12.4. The standard InChI is InChI=1S/C9H9IO3S/c10-8-3-1-2-7(4-8)5-14(13)6-9(11)12/h1-4H,5-6H2,(H,11,12). The second-order valence-electron chi connectivity index (χ2n) is 2.75. The van der Waals surface area contributed by atoms with Crippen LogP contribution in [0.15, 0.2) is 24.3 Å². The quantitative estimate of drug-likeness (QED) is 0.857. The maximum absolute atomic E-state index is 11.3. The number of carbonyl (C=O) groups is 1. The van der Waals surface area contributed by atoms with Crippen LogP contribution in [0, 0.1) is 3.57 Å². The van der Waals surface area contributed by atoms with Crippen molar-refractivity contribution in [2.45, 2.75) is 5.75 Å². The van der Waals surface area contributed by atoms with E-state index in [1.807, 2.05) is 24.3 Å². The predicted octanol–water partition coefficient (Wildman–Crippen LogP) is 1.62. The number of carboxylic acid groups (broad SMARTS) is 1. The largest absolute Gasteiger partial charge is 0.481 e. The van der Waals surface area contributed by atoms with Crippen molar-refractivity contribution < 1.29 is 14.1 Å². The molecule has 1 rings (SSSR count). The fourth-order valence-corrected chi connectivity index (χ4v) is 2.54. The minimum absolute atomic E-state index is 0.286. The monoisotopic (exact) mass is 324 g/mol. The average Bonchev–Trinajstić information content (AvgIpc) is 2.01. The first kappa shape index (κ1) is 11.6. The van der Waals surface area contributed by atoms with E-state index in [9.17, 15) is 9.00 Å². The highest BCUT2D eigenvalue weighted by molar-refractivity contribution is 14.1. The van der Waals surface area contributed by atoms with E-state index in [1.165, 1.54) is 0 Å². The molecule has 1 N–H and O–H groups in total. The molecule has 14 heavy (non-hydrogen) atoms. The molecule has 0 saturated carbocycles. The molecular weight excluding hydrogens is 315 g/mol. The Labute approximate surface area is 98.1 Å². The number of benzene rings is 1. The van der Waals surface area contributed by atoms with E-state index >= 15 is 0 Å². The fourth-order valence-electron chi connectivity index (χ4n) is 1.00. The Bertz CT molecular complexity index is 365. The predicted molar refractivity (Wildman–Crippen MR) is 63.5 cm³/mol. The first-order chi connectivity index (χ1) is 6.58. The molecule has 0 aliphatic rings. The highest BCUT2D eigenvalue weighted by atomic mass is 127. The highest BCUT2D eigenvalue weighted by Crippen LogP contribution is 2.09. The molecule has 0 radical (unpaired) electrons. The fraction of sp³-hybridized carbons (Fsp3) is 0.222. The van der Waals surface area contributed by atoms with Gasteiger partial charge >= 0.3 is 5.97 Å². The number of halogens is 1. The van der Waals surface area contributed by atoms with Gasteiger partial charge in [0.25, 0.3) is 0 Å². The van der Waals surface area contributed by atoms with Gasteiger partial charge in [-0.25, -0.2) is 0 Å². The average molecular weight is 324 g/mol. The van der Waals surface area contributed by atoms with Gasteiger partial charge in [0, 0.05) is 20.1 Å². The molecule has 1 aromatic carbocycles. The third-order valence-corrected chi connectivity index (χ3v) is 3.40. The van der Waals surface area contributed by atoms with E-state index in [-0.39, 0.29) is 5.75 Å². The molecule has 76 valence electrons. The van der Waals surface area contributed by atoms with Crippen LogP contribution in [-0.4, -0.2) is 21.0 Å². The molecule has 1 unspecified atom stereocenters. The lowest BCUT2D eigenvalue weighted by Gasteiger charge is -2.00. The summed E-state index contributed by atoms with van der Waals surface area (Å²) in [7, 11) is -1.31. The molecule has 0 spiro atoms. The van der Waals surface area contributed by atoms with Crippen LogP contribution in [0.5, 0.6) is 0 Å². The van der Waals surface area contributed by atoms with Gasteiger partial charge in [0.1, 0.15) is 5.75 Å². The van der Waals surface area contributed by atoms with Crippen LogP contribution in [0.3, 0.4) is 0 Å². The summed E-state index contributed by atoms with van der Waals surface area (Å²) >= 11 is 2.16. The summed E-state index contributed by atoms with van der Waals surface area (Å²) in [5.74, 6) is -0.997. The summed E-state index contributed by atoms with van der Waals surface area (Å²) in [6.07, 6.45) is 0. The lowest BCUT2D eigenvalue weighted by Crippen LogP contribution is -2.10. The Kier molecular flexibility index (Phi) is 4.53. The Morgan fingerprint density at radius 2 is 2.21 bits per heavy atom. The number of aliphatic carboxylic acids is 1. The topological polar surface area (TPSA) is 54.4 Å². The van der Waals surface area contributed by atoms with Crippen molar-refractivity contribution in [3.05, 3.63) is 33.4 Å². The smallest absolute Gasteiger partial charge is 0.316 e. The Hall–Kier alpha value is -0.430. The third-order valence-electron chi connectivity index (χ3n) is 1.50. The molecule has 3 nitrogen and oxygen atoms in total. The van der Waals surface area contributed by atoms with Crippen molar-refractivity contribution in [2.24, 2.45) is 0 Å². The first-order valence-corrected chi connectivity index (χ1v) is 6.46. The van der Waals surface area contributed by atoms with Crippen molar-refractivity contribution in [2.75, 3.05) is 5.75 Å². The molecule has 0 aromatic heterocycles. The molecular formula is C9H9IO3S. The van der Waals surface area contributed by atoms with Crippen molar-refractivity contribution in [3.8, 4) is 0 Å². The Morgan fingerprint density at radius 3 is 2.79 bits per heavy atom. The van der Waals surface area contributed by atoms with Crippen LogP contribution >= 0.6 is 22.6 Å². The lowest BCUT2D eigenvalue weighted by molar-refractivity contribution is -0.133. The van der Waals surface area contributed by atoms with E-state index in [0.29, 0.717) is 5.75 Å². The van der Waals surface area contributed by atoms with Crippen molar-refractivity contribution in [1.29, 1.82) is 0 Å². The number of rotatable bonds is 4. The van der Waals surface area contributed by atoms with Crippen LogP contribution in [0.4, 0.5) is 0 Å². The summed E-state index contributed by atoms with van der Waals surface area (Å²) in [4.78, 5) is 10.3. The molecule has 0 aliphatic carbocycles. The summed E-state index contributed by atoms with van der Waals surface area (Å²) in [6, 6.07) is 7.56. The zero-order valence-electron chi connectivity index (χ0n) is 7.27. The van der Waals surface area contributed by atoms with Crippen molar-refractivity contribution in [3.63, 3.8) is 0 Å². The minimum Gasteiger partial charge on any atom is -0.481 e. The molecule has 0 fully saturated rings. The van der Waals surface area contributed by atoms with Gasteiger partial charge in [-0.15, -0.1) is 0 Å². The van der Waals surface area contributed by atoms with Crippen LogP contribution in [0.2, 0.25) is 0 Å². The van der Waals surface area contributed by atoms with Crippen molar-refractivity contribution >= 4 is 39.4 Å². The Morgan fingerprint density at radius 1 is 1.50 bits per heavy atom. The molecule has 0 aliphatic heterocycles. The van der Waals surface area contributed by atoms with Gasteiger partial charge in [-0.2, -0.15) is 0 Å². The van der Waals surface area contributed by atoms with Crippen LogP contribution < -0.4 is 0 Å². The van der Waals surface area contributed by atoms with Gasteiger partial charge in [0.15, 0.2) is 0 Å². The molecule has 0 bridgehead atoms. The summed E-state index contributed by atoms with van der Waals surface area (Å²) in [5, 5.41) is 8.42. The molecule has 1 aromatic rings. The maximum atomic E-state index is 11.3. The van der Waals surface area contributed by atoms with Crippen molar-refractivity contribution in [1.82, 2.24) is 0 Å². The van der Waals surface area contributed by atoms with Gasteiger partial charge in [-0.3, -0.25) is 9.00 Å². The second kappa shape index (κ2) is 5.45. The van der Waals surface area contributed by atoms with E-state index in [2.05, 4.69) is 22.6 Å². The first-order valence-electron chi connectivity index (χ1n) is 3.89. The number of hydrogen-bond acceptors (Lipinski definition) is 2. The third kappa shape index (κ3) is 4.19. The number of carboxylic acids is 1. The molecule has 0 saturated heterocycles. The minimum atomic E-state index is -1.31. The Balaban J connectivity index is 2.60. The summed E-state index contributed by atoms with van der Waals surface area (Å²) < 4.78 is 12.3. The van der Waals surface area contributed by atoms with E-state index in [1.54, 1.807) is 0 Å². The summed E-state index contributed by atoms with van der Waals surface area (Å²) in [6.45, 7) is 0. The van der Waals surface area contributed by atoms with Gasteiger partial charge in [0.2, 0.25) is 0 Å². The molecule has 0 amide bonds. The SMILES string of the molecule is O=C(O)CS(=O)Cc1cccc(I)c1. The highest BCUT2D eigenvalue weighted by Gasteiger charge is 2.06. The van der Waals surface area contributed by atoms with E-state index in [4.69, 9.17) is 5.11 Å². The van der Waals surface area contributed by atoms with Gasteiger partial charge in [-0.1, -0.05) is 12.1 Å². The van der Waals surface area contributed by atoms with Gasteiger partial charge < -0.3 is 5.11 Å². The molecule has 5 heteroatoms. The molecule has 1 atom stereocenters. The second-order valence-corrected chi connectivity index (χ2v) is 5.45. The van der Waals surface area contributed by atoms with Gasteiger partial charge in [-0.05, 0) is 40.3 Å². The van der Waals surface area contributed by atoms with Crippen LogP contribution in [0.1, 0.15) is 5.56 Å². The van der Waals surface area contributed by atoms with Crippen LogP contribution in [-0.2, 0) is 21.3 Å². The van der Waals surface area contributed by atoms with Gasteiger partial charge in [0.05, 0.1) is 0 Å². The van der Waals surface area contributed by atoms with E-state index in [0.717, 1.165) is 9.13 Å². The van der Waals surface area contributed by atoms with E-state index < -0.39 is 16.8 Å². The summed E-state index contributed by atoms with van der Waals surface area (Å²) in [5.41, 5.74) is 0.913. The lowest BCUT2D eigenvalue weighted by atomic mass is 10.2. The molecule has 0 heterocycles. The maximum Gasteiger partial charge on any atom is 0.316 e. The zero-order valence-corrected chi connectivity index (χ0v) is 10.2. The van der Waals surface area contributed by atoms with Crippen LogP contribution in [0.25, 0.3) is 0 Å².